The molecule has 0 aliphatic rings. The lowest BCUT2D eigenvalue weighted by Crippen LogP contribution is -2.20. The van der Waals surface area contributed by atoms with E-state index in [1.165, 1.54) is 5.56 Å². The highest BCUT2D eigenvalue weighted by atomic mass is 16.5. The Morgan fingerprint density at radius 3 is 2.48 bits per heavy atom. The van der Waals surface area contributed by atoms with E-state index in [-0.39, 0.29) is 12.5 Å². The quantitative estimate of drug-likeness (QED) is 0.772. The summed E-state index contributed by atoms with van der Waals surface area (Å²) in [6.45, 7) is 4.06. The van der Waals surface area contributed by atoms with E-state index in [9.17, 15) is 4.79 Å². The smallest absolute Gasteiger partial charge is 0.262 e. The first-order valence-electron chi connectivity index (χ1n) is 7.60. The van der Waals surface area contributed by atoms with Crippen LogP contribution in [-0.4, -0.2) is 12.5 Å². The van der Waals surface area contributed by atoms with Gasteiger partial charge in [0.15, 0.2) is 6.61 Å². The van der Waals surface area contributed by atoms with Crippen molar-refractivity contribution in [1.29, 1.82) is 0 Å². The molecule has 3 heteroatoms. The molecule has 0 aliphatic carbocycles. The van der Waals surface area contributed by atoms with E-state index in [1.54, 1.807) is 0 Å². The van der Waals surface area contributed by atoms with Crippen molar-refractivity contribution >= 4 is 22.4 Å². The van der Waals surface area contributed by atoms with Crippen LogP contribution in [0.5, 0.6) is 5.75 Å². The van der Waals surface area contributed by atoms with Gasteiger partial charge < -0.3 is 10.1 Å². The summed E-state index contributed by atoms with van der Waals surface area (Å²) in [7, 11) is 0. The van der Waals surface area contributed by atoms with Crippen LogP contribution >= 0.6 is 0 Å². The van der Waals surface area contributed by atoms with Crippen molar-refractivity contribution in [1.82, 2.24) is 0 Å². The summed E-state index contributed by atoms with van der Waals surface area (Å²) in [5, 5.41) is 5.10. The average Bonchev–Trinajstić information content (AvgIpc) is 2.56. The minimum absolute atomic E-state index is 0.00867. The minimum Gasteiger partial charge on any atom is -0.484 e. The van der Waals surface area contributed by atoms with E-state index in [1.807, 2.05) is 74.5 Å². The van der Waals surface area contributed by atoms with Gasteiger partial charge in [-0.3, -0.25) is 4.79 Å². The Kier molecular flexibility index (Phi) is 4.29. The predicted molar refractivity (Wildman–Crippen MR) is 94.0 cm³/mol. The molecule has 0 saturated carbocycles. The van der Waals surface area contributed by atoms with Crippen molar-refractivity contribution in [2.75, 3.05) is 11.9 Å². The van der Waals surface area contributed by atoms with Crippen molar-refractivity contribution in [2.45, 2.75) is 13.8 Å². The van der Waals surface area contributed by atoms with Gasteiger partial charge in [0.05, 0.1) is 0 Å². The average molecular weight is 305 g/mol. The highest BCUT2D eigenvalue weighted by molar-refractivity contribution is 5.92. The standard InChI is InChI=1S/C20H19NO2/c1-14-7-9-18(11-15(14)2)21-20(22)13-23-19-10-8-16-5-3-4-6-17(16)12-19/h3-12H,13H2,1-2H3,(H,21,22). The summed E-state index contributed by atoms with van der Waals surface area (Å²) in [5.74, 6) is 0.528. The van der Waals surface area contributed by atoms with Crippen molar-refractivity contribution in [3.8, 4) is 5.75 Å². The summed E-state index contributed by atoms with van der Waals surface area (Å²) in [6, 6.07) is 19.7. The van der Waals surface area contributed by atoms with Crippen LogP contribution in [0.25, 0.3) is 10.8 Å². The zero-order chi connectivity index (χ0) is 16.2. The van der Waals surface area contributed by atoms with Crippen molar-refractivity contribution in [3.05, 3.63) is 71.8 Å². The molecule has 0 unspecified atom stereocenters. The number of anilines is 1. The Hall–Kier alpha value is -2.81. The number of hydrogen-bond acceptors (Lipinski definition) is 2. The summed E-state index contributed by atoms with van der Waals surface area (Å²) < 4.78 is 5.59. The fourth-order valence-electron chi connectivity index (χ4n) is 2.42. The van der Waals surface area contributed by atoms with E-state index in [2.05, 4.69) is 5.32 Å². The van der Waals surface area contributed by atoms with E-state index >= 15 is 0 Å². The van der Waals surface area contributed by atoms with Crippen LogP contribution in [0, 0.1) is 13.8 Å². The number of aryl methyl sites for hydroxylation is 2. The van der Waals surface area contributed by atoms with Gasteiger partial charge in [-0.25, -0.2) is 0 Å². The molecule has 1 amide bonds. The molecule has 0 atom stereocenters. The third-order valence-corrected chi connectivity index (χ3v) is 3.88. The topological polar surface area (TPSA) is 38.3 Å². The minimum atomic E-state index is -0.165. The number of amides is 1. The molecule has 0 spiro atoms. The molecule has 3 aromatic rings. The molecule has 3 rings (SSSR count). The molecule has 116 valence electrons. The number of benzene rings is 3. The lowest BCUT2D eigenvalue weighted by atomic mass is 10.1. The highest BCUT2D eigenvalue weighted by Gasteiger charge is 2.05. The maximum absolute atomic E-state index is 12.0. The Morgan fingerprint density at radius 1 is 0.913 bits per heavy atom. The summed E-state index contributed by atoms with van der Waals surface area (Å²) in [5.41, 5.74) is 3.15. The molecular formula is C20H19NO2. The number of carbonyl (C=O) groups is 1. The van der Waals surface area contributed by atoms with Gasteiger partial charge in [0.1, 0.15) is 5.75 Å². The number of nitrogens with one attached hydrogen (secondary N) is 1. The van der Waals surface area contributed by atoms with E-state index < -0.39 is 0 Å². The summed E-state index contributed by atoms with van der Waals surface area (Å²) in [6.07, 6.45) is 0. The molecule has 1 N–H and O–H groups in total. The fraction of sp³-hybridized carbons (Fsp3) is 0.150. The first-order chi connectivity index (χ1) is 11.1. The Morgan fingerprint density at radius 2 is 1.70 bits per heavy atom. The third kappa shape index (κ3) is 3.69. The number of fused-ring (bicyclic) bond motifs is 1. The van der Waals surface area contributed by atoms with Gasteiger partial charge in [-0.15, -0.1) is 0 Å². The highest BCUT2D eigenvalue weighted by Crippen LogP contribution is 2.20. The molecule has 0 aromatic heterocycles. The maximum Gasteiger partial charge on any atom is 0.262 e. The van der Waals surface area contributed by atoms with Crippen molar-refractivity contribution < 1.29 is 9.53 Å². The lowest BCUT2D eigenvalue weighted by Gasteiger charge is -2.09. The molecule has 23 heavy (non-hydrogen) atoms. The molecule has 0 fully saturated rings. The molecule has 3 aromatic carbocycles. The Labute approximate surface area is 135 Å². The number of ether oxygens (including phenoxy) is 1. The van der Waals surface area contributed by atoms with Gasteiger partial charge in [0.25, 0.3) is 5.91 Å². The van der Waals surface area contributed by atoms with Crippen LogP contribution in [0.15, 0.2) is 60.7 Å². The van der Waals surface area contributed by atoms with Crippen LogP contribution < -0.4 is 10.1 Å². The molecule has 0 heterocycles. The van der Waals surface area contributed by atoms with Crippen molar-refractivity contribution in [3.63, 3.8) is 0 Å². The van der Waals surface area contributed by atoms with E-state index in [0.29, 0.717) is 5.75 Å². The SMILES string of the molecule is Cc1ccc(NC(=O)COc2ccc3ccccc3c2)cc1C. The van der Waals surface area contributed by atoms with Crippen LogP contribution in [0.4, 0.5) is 5.69 Å². The van der Waals surface area contributed by atoms with E-state index in [4.69, 9.17) is 4.74 Å². The Bertz CT molecular complexity index is 855. The van der Waals surface area contributed by atoms with Crippen LogP contribution in [0.2, 0.25) is 0 Å². The summed E-state index contributed by atoms with van der Waals surface area (Å²) in [4.78, 5) is 12.0. The monoisotopic (exact) mass is 305 g/mol. The second-order valence-electron chi connectivity index (χ2n) is 5.64. The molecule has 0 aliphatic heterocycles. The predicted octanol–water partition coefficient (Wildman–Crippen LogP) is 4.47. The molecule has 0 bridgehead atoms. The van der Waals surface area contributed by atoms with Gasteiger partial charge >= 0.3 is 0 Å². The van der Waals surface area contributed by atoms with Gasteiger partial charge in [-0.2, -0.15) is 0 Å². The second kappa shape index (κ2) is 6.53. The normalized spacial score (nSPS) is 10.5. The first kappa shape index (κ1) is 15.1. The first-order valence-corrected chi connectivity index (χ1v) is 7.60. The zero-order valence-corrected chi connectivity index (χ0v) is 13.3. The van der Waals surface area contributed by atoms with Crippen LogP contribution in [0.1, 0.15) is 11.1 Å². The molecule has 0 radical (unpaired) electrons. The molecule has 0 saturated heterocycles. The lowest BCUT2D eigenvalue weighted by molar-refractivity contribution is -0.118. The summed E-state index contributed by atoms with van der Waals surface area (Å²) >= 11 is 0. The van der Waals surface area contributed by atoms with Crippen LogP contribution in [0.3, 0.4) is 0 Å². The maximum atomic E-state index is 12.0. The fourth-order valence-corrected chi connectivity index (χ4v) is 2.42. The zero-order valence-electron chi connectivity index (χ0n) is 13.3. The van der Waals surface area contributed by atoms with Gasteiger partial charge in [-0.05, 0) is 60.0 Å². The van der Waals surface area contributed by atoms with Gasteiger partial charge in [0.2, 0.25) is 0 Å². The van der Waals surface area contributed by atoms with Gasteiger partial charge in [0, 0.05) is 5.69 Å². The van der Waals surface area contributed by atoms with Crippen LogP contribution in [-0.2, 0) is 4.79 Å². The number of hydrogen-bond donors (Lipinski definition) is 1. The second-order valence-corrected chi connectivity index (χ2v) is 5.64. The Balaban J connectivity index is 1.62. The molecule has 3 nitrogen and oxygen atoms in total. The molecular weight excluding hydrogens is 286 g/mol. The van der Waals surface area contributed by atoms with Crippen molar-refractivity contribution in [2.24, 2.45) is 0 Å². The number of carbonyl (C=O) groups excluding carboxylic acids is 1. The van der Waals surface area contributed by atoms with E-state index in [0.717, 1.165) is 22.0 Å². The number of rotatable bonds is 4. The van der Waals surface area contributed by atoms with Gasteiger partial charge in [-0.1, -0.05) is 36.4 Å². The largest absolute Gasteiger partial charge is 0.484 e. The third-order valence-electron chi connectivity index (χ3n) is 3.88.